The Morgan fingerprint density at radius 1 is 1.71 bits per heavy atom. The Bertz CT molecular complexity index is 351. The zero-order chi connectivity index (χ0) is 12.5. The van der Waals surface area contributed by atoms with Crippen LogP contribution < -0.4 is 0 Å². The van der Waals surface area contributed by atoms with E-state index in [1.54, 1.807) is 0 Å². The first-order valence-corrected chi connectivity index (χ1v) is 5.69. The molecule has 17 heavy (non-hydrogen) atoms. The summed E-state index contributed by atoms with van der Waals surface area (Å²) in [6.45, 7) is 5.04. The van der Waals surface area contributed by atoms with Crippen molar-refractivity contribution in [2.75, 3.05) is 6.79 Å². The number of hydrogen-bond donors (Lipinski definition) is 0. The highest BCUT2D eigenvalue weighted by molar-refractivity contribution is 5.81. The largest absolute Gasteiger partial charge is 0.459 e. The number of hydrogen-bond acceptors (Lipinski definition) is 5. The van der Waals surface area contributed by atoms with Gasteiger partial charge < -0.3 is 14.2 Å². The predicted molar refractivity (Wildman–Crippen MR) is 57.9 cm³/mol. The Balaban J connectivity index is 1.89. The third-order valence-electron chi connectivity index (χ3n) is 3.52. The van der Waals surface area contributed by atoms with Gasteiger partial charge in [-0.05, 0) is 19.8 Å². The maximum Gasteiger partial charge on any atom is 0.332 e. The Hall–Kier alpha value is -1.36. The number of esters is 2. The first-order chi connectivity index (χ1) is 8.05. The van der Waals surface area contributed by atoms with Gasteiger partial charge in [0.1, 0.15) is 11.7 Å². The summed E-state index contributed by atoms with van der Waals surface area (Å²) in [5.74, 6) is -0.636. The summed E-state index contributed by atoms with van der Waals surface area (Å²) in [7, 11) is 0. The maximum absolute atomic E-state index is 11.4. The van der Waals surface area contributed by atoms with Gasteiger partial charge in [-0.15, -0.1) is 0 Å². The first kappa shape index (κ1) is 12.1. The number of fused-ring (bicyclic) bond motifs is 2. The number of ether oxygens (including phenoxy) is 3. The molecule has 5 nitrogen and oxygen atoms in total. The van der Waals surface area contributed by atoms with Crippen molar-refractivity contribution in [3.8, 4) is 0 Å². The standard InChI is InChI=1S/C12H16O5/c1-3-10(13)15-7-16-12(2)5-4-8-6-9(12)17-11(8)14/h3,8-9H,1,4-7H2,2H3. The maximum atomic E-state index is 11.4. The van der Waals surface area contributed by atoms with Crippen LogP contribution in [0.15, 0.2) is 12.7 Å². The minimum atomic E-state index is -0.551. The van der Waals surface area contributed by atoms with E-state index in [-0.39, 0.29) is 24.8 Å². The fourth-order valence-electron chi connectivity index (χ4n) is 2.32. The summed E-state index contributed by atoms with van der Waals surface area (Å²) >= 11 is 0. The van der Waals surface area contributed by atoms with Crippen LogP contribution in [-0.4, -0.2) is 30.4 Å². The molecule has 0 radical (unpaired) electrons. The smallest absolute Gasteiger partial charge is 0.332 e. The molecule has 1 aliphatic heterocycles. The van der Waals surface area contributed by atoms with Gasteiger partial charge in [-0.1, -0.05) is 6.58 Å². The van der Waals surface area contributed by atoms with Crippen LogP contribution >= 0.6 is 0 Å². The molecule has 1 aliphatic carbocycles. The van der Waals surface area contributed by atoms with Gasteiger partial charge in [0.25, 0.3) is 0 Å². The van der Waals surface area contributed by atoms with Crippen LogP contribution in [0.3, 0.4) is 0 Å². The van der Waals surface area contributed by atoms with E-state index < -0.39 is 11.6 Å². The highest BCUT2D eigenvalue weighted by atomic mass is 16.7. The summed E-state index contributed by atoms with van der Waals surface area (Å²) in [6.07, 6.45) is 3.06. The summed E-state index contributed by atoms with van der Waals surface area (Å²) in [6, 6.07) is 0. The average Bonchev–Trinajstić information content (AvgIpc) is 2.63. The molecule has 0 spiro atoms. The molecule has 2 rings (SSSR count). The number of rotatable bonds is 4. The highest BCUT2D eigenvalue weighted by Crippen LogP contribution is 2.42. The minimum Gasteiger partial charge on any atom is -0.459 e. The van der Waals surface area contributed by atoms with Crippen molar-refractivity contribution >= 4 is 11.9 Å². The van der Waals surface area contributed by atoms with Crippen molar-refractivity contribution in [1.29, 1.82) is 0 Å². The Morgan fingerprint density at radius 3 is 3.18 bits per heavy atom. The molecule has 1 heterocycles. The second-order valence-corrected chi connectivity index (χ2v) is 4.64. The van der Waals surface area contributed by atoms with Gasteiger partial charge in [-0.25, -0.2) is 4.79 Å². The fraction of sp³-hybridized carbons (Fsp3) is 0.667. The average molecular weight is 240 g/mol. The van der Waals surface area contributed by atoms with Gasteiger partial charge in [-0.3, -0.25) is 4.79 Å². The van der Waals surface area contributed by atoms with Crippen LogP contribution in [0.5, 0.6) is 0 Å². The molecular weight excluding hydrogens is 224 g/mol. The molecule has 0 aromatic rings. The van der Waals surface area contributed by atoms with E-state index in [1.165, 1.54) is 0 Å². The third kappa shape index (κ3) is 2.34. The predicted octanol–water partition coefficient (Wildman–Crippen LogP) is 1.17. The molecular formula is C12H16O5. The van der Waals surface area contributed by atoms with Gasteiger partial charge in [0.2, 0.25) is 0 Å². The van der Waals surface area contributed by atoms with Gasteiger partial charge in [0.15, 0.2) is 6.79 Å². The van der Waals surface area contributed by atoms with Crippen LogP contribution in [0.4, 0.5) is 0 Å². The van der Waals surface area contributed by atoms with Crippen molar-refractivity contribution in [1.82, 2.24) is 0 Å². The van der Waals surface area contributed by atoms with E-state index in [2.05, 4.69) is 6.58 Å². The van der Waals surface area contributed by atoms with Crippen LogP contribution in [0.2, 0.25) is 0 Å². The van der Waals surface area contributed by atoms with E-state index in [1.807, 2.05) is 6.92 Å². The lowest BCUT2D eigenvalue weighted by molar-refractivity contribution is -0.191. The fourth-order valence-corrected chi connectivity index (χ4v) is 2.32. The molecule has 0 N–H and O–H groups in total. The highest BCUT2D eigenvalue weighted by Gasteiger charge is 2.50. The van der Waals surface area contributed by atoms with Gasteiger partial charge in [-0.2, -0.15) is 0 Å². The quantitative estimate of drug-likeness (QED) is 0.419. The lowest BCUT2D eigenvalue weighted by Gasteiger charge is -2.36. The number of carbonyl (C=O) groups excluding carboxylic acids is 2. The normalized spacial score (nSPS) is 35.2. The molecule has 2 bridgehead atoms. The van der Waals surface area contributed by atoms with Crippen LogP contribution in [0, 0.1) is 5.92 Å². The van der Waals surface area contributed by atoms with Crippen LogP contribution in [-0.2, 0) is 23.8 Å². The lowest BCUT2D eigenvalue weighted by Crippen LogP contribution is -2.44. The second kappa shape index (κ2) is 4.49. The van der Waals surface area contributed by atoms with E-state index in [9.17, 15) is 9.59 Å². The van der Waals surface area contributed by atoms with Gasteiger partial charge >= 0.3 is 11.9 Å². The molecule has 0 aromatic heterocycles. The van der Waals surface area contributed by atoms with Crippen molar-refractivity contribution < 1.29 is 23.8 Å². The van der Waals surface area contributed by atoms with E-state index in [4.69, 9.17) is 14.2 Å². The Labute approximate surface area is 99.7 Å². The summed E-state index contributed by atoms with van der Waals surface area (Å²) in [5, 5.41) is 0. The molecule has 0 amide bonds. The molecule has 2 fully saturated rings. The minimum absolute atomic E-state index is 0.0207. The molecule has 2 aliphatic rings. The molecule has 0 aromatic carbocycles. The van der Waals surface area contributed by atoms with E-state index in [0.29, 0.717) is 6.42 Å². The Kier molecular flexibility index (Phi) is 3.19. The molecule has 1 saturated heterocycles. The monoisotopic (exact) mass is 240 g/mol. The van der Waals surface area contributed by atoms with Crippen molar-refractivity contribution in [3.63, 3.8) is 0 Å². The topological polar surface area (TPSA) is 61.8 Å². The third-order valence-corrected chi connectivity index (χ3v) is 3.52. The van der Waals surface area contributed by atoms with Crippen molar-refractivity contribution in [2.24, 2.45) is 5.92 Å². The van der Waals surface area contributed by atoms with Crippen LogP contribution in [0.1, 0.15) is 26.2 Å². The van der Waals surface area contributed by atoms with Crippen LogP contribution in [0.25, 0.3) is 0 Å². The SMILES string of the molecule is C=CC(=O)OCOC1(C)CCC2CC1OC2=O. The summed E-state index contributed by atoms with van der Waals surface area (Å²) in [5.41, 5.74) is -0.551. The van der Waals surface area contributed by atoms with Crippen molar-refractivity contribution in [2.45, 2.75) is 37.9 Å². The lowest BCUT2D eigenvalue weighted by atomic mass is 9.80. The van der Waals surface area contributed by atoms with E-state index >= 15 is 0 Å². The zero-order valence-electron chi connectivity index (χ0n) is 9.81. The van der Waals surface area contributed by atoms with E-state index in [0.717, 1.165) is 18.9 Å². The summed E-state index contributed by atoms with van der Waals surface area (Å²) in [4.78, 5) is 22.3. The molecule has 5 heteroatoms. The first-order valence-electron chi connectivity index (χ1n) is 5.69. The Morgan fingerprint density at radius 2 is 2.47 bits per heavy atom. The number of carbonyl (C=O) groups is 2. The second-order valence-electron chi connectivity index (χ2n) is 4.64. The van der Waals surface area contributed by atoms with Crippen molar-refractivity contribution in [3.05, 3.63) is 12.7 Å². The molecule has 3 unspecified atom stereocenters. The molecule has 94 valence electrons. The molecule has 1 saturated carbocycles. The van der Waals surface area contributed by atoms with Gasteiger partial charge in [0, 0.05) is 12.5 Å². The summed E-state index contributed by atoms with van der Waals surface area (Å²) < 4.78 is 15.6. The zero-order valence-corrected chi connectivity index (χ0v) is 9.81. The molecule has 3 atom stereocenters. The van der Waals surface area contributed by atoms with Gasteiger partial charge in [0.05, 0.1) is 5.92 Å².